The summed E-state index contributed by atoms with van der Waals surface area (Å²) < 4.78 is 28.4. The lowest BCUT2D eigenvalue weighted by atomic mass is 10.3. The van der Waals surface area contributed by atoms with E-state index in [0.717, 1.165) is 12.3 Å². The van der Waals surface area contributed by atoms with E-state index in [1.807, 2.05) is 0 Å². The summed E-state index contributed by atoms with van der Waals surface area (Å²) in [6.45, 7) is 3.42. The number of H-pyrrole nitrogens is 1. The van der Waals surface area contributed by atoms with Crippen molar-refractivity contribution in [3.8, 4) is 0 Å². The van der Waals surface area contributed by atoms with Crippen molar-refractivity contribution in [2.45, 2.75) is 18.7 Å². The van der Waals surface area contributed by atoms with Gasteiger partial charge in [-0.2, -0.15) is 5.10 Å². The molecule has 0 radical (unpaired) electrons. The first-order chi connectivity index (χ1) is 9.22. The van der Waals surface area contributed by atoms with Gasteiger partial charge in [-0.3, -0.25) is 9.40 Å². The average molecular weight is 298 g/mol. The Morgan fingerprint density at radius 2 is 2.10 bits per heavy atom. The summed E-state index contributed by atoms with van der Waals surface area (Å²) in [7, 11) is -2.15. The van der Waals surface area contributed by atoms with Crippen LogP contribution in [0.4, 0.5) is 5.69 Å². The minimum absolute atomic E-state index is 0.141. The van der Waals surface area contributed by atoms with Crippen LogP contribution in [0.25, 0.3) is 0 Å². The summed E-state index contributed by atoms with van der Waals surface area (Å²) in [5.74, 6) is -1.22. The molecular formula is C11H14N4O4S. The largest absolute Gasteiger partial charge is 0.477 e. The van der Waals surface area contributed by atoms with E-state index in [-0.39, 0.29) is 10.6 Å². The summed E-state index contributed by atoms with van der Waals surface area (Å²) in [6, 6.07) is 1.06. The zero-order valence-corrected chi connectivity index (χ0v) is 11.9. The maximum absolute atomic E-state index is 12.2. The smallest absolute Gasteiger partial charge is 0.352 e. The van der Waals surface area contributed by atoms with Crippen LogP contribution in [-0.2, 0) is 17.1 Å². The molecule has 2 aromatic rings. The first kappa shape index (κ1) is 14.1. The average Bonchev–Trinajstić information content (AvgIpc) is 2.92. The molecule has 3 N–H and O–H groups in total. The van der Waals surface area contributed by atoms with E-state index in [4.69, 9.17) is 5.11 Å². The van der Waals surface area contributed by atoms with Crippen LogP contribution >= 0.6 is 0 Å². The lowest BCUT2D eigenvalue weighted by Crippen LogP contribution is -2.13. The van der Waals surface area contributed by atoms with Crippen LogP contribution < -0.4 is 4.72 Å². The highest BCUT2D eigenvalue weighted by Gasteiger charge is 2.21. The summed E-state index contributed by atoms with van der Waals surface area (Å²) >= 11 is 0. The first-order valence-corrected chi connectivity index (χ1v) is 7.15. The van der Waals surface area contributed by atoms with Gasteiger partial charge in [0.25, 0.3) is 10.0 Å². The molecular weight excluding hydrogens is 284 g/mol. The van der Waals surface area contributed by atoms with Gasteiger partial charge in [-0.25, -0.2) is 13.2 Å². The summed E-state index contributed by atoms with van der Waals surface area (Å²) in [6.07, 6.45) is 1.13. The fourth-order valence-corrected chi connectivity index (χ4v) is 2.94. The number of aromatic nitrogens is 3. The highest BCUT2D eigenvalue weighted by molar-refractivity contribution is 7.92. The third kappa shape index (κ3) is 2.39. The van der Waals surface area contributed by atoms with Crippen LogP contribution in [0.15, 0.2) is 17.2 Å². The van der Waals surface area contributed by atoms with Gasteiger partial charge in [-0.15, -0.1) is 0 Å². The topological polar surface area (TPSA) is 117 Å². The number of sulfonamides is 1. The van der Waals surface area contributed by atoms with Gasteiger partial charge in [-0.05, 0) is 19.9 Å². The van der Waals surface area contributed by atoms with Gasteiger partial charge in [0.2, 0.25) is 0 Å². The monoisotopic (exact) mass is 298 g/mol. The Morgan fingerprint density at radius 1 is 1.45 bits per heavy atom. The van der Waals surface area contributed by atoms with E-state index in [9.17, 15) is 13.2 Å². The van der Waals surface area contributed by atoms with E-state index in [2.05, 4.69) is 14.8 Å². The fourth-order valence-electron chi connectivity index (χ4n) is 1.77. The summed E-state index contributed by atoms with van der Waals surface area (Å²) in [4.78, 5) is 13.0. The van der Waals surface area contributed by atoms with Crippen LogP contribution in [0.1, 0.15) is 21.9 Å². The molecule has 2 rings (SSSR count). The van der Waals surface area contributed by atoms with Gasteiger partial charge in [0.05, 0.1) is 17.1 Å². The van der Waals surface area contributed by atoms with Gasteiger partial charge in [0, 0.05) is 13.2 Å². The van der Waals surface area contributed by atoms with E-state index in [0.29, 0.717) is 17.1 Å². The number of rotatable bonds is 4. The van der Waals surface area contributed by atoms with Crippen LogP contribution in [0.3, 0.4) is 0 Å². The third-order valence-corrected chi connectivity index (χ3v) is 4.27. The highest BCUT2D eigenvalue weighted by atomic mass is 32.2. The van der Waals surface area contributed by atoms with Crippen molar-refractivity contribution in [1.29, 1.82) is 0 Å². The molecule has 0 saturated carbocycles. The van der Waals surface area contributed by atoms with E-state index in [1.54, 1.807) is 25.6 Å². The Balaban J connectivity index is 2.38. The first-order valence-electron chi connectivity index (χ1n) is 5.67. The molecule has 0 amide bonds. The molecule has 0 spiro atoms. The van der Waals surface area contributed by atoms with E-state index >= 15 is 0 Å². The molecule has 0 aliphatic rings. The molecule has 0 atom stereocenters. The quantitative estimate of drug-likeness (QED) is 0.774. The minimum Gasteiger partial charge on any atom is -0.477 e. The number of aryl methyl sites for hydroxylation is 2. The maximum Gasteiger partial charge on any atom is 0.352 e. The van der Waals surface area contributed by atoms with Crippen LogP contribution in [0.2, 0.25) is 0 Å². The van der Waals surface area contributed by atoms with Gasteiger partial charge in [0.15, 0.2) is 0 Å². The molecule has 2 heterocycles. The van der Waals surface area contributed by atoms with Gasteiger partial charge in [-0.1, -0.05) is 0 Å². The second kappa shape index (κ2) is 4.67. The lowest BCUT2D eigenvalue weighted by molar-refractivity contribution is 0.0691. The van der Waals surface area contributed by atoms with Crippen molar-refractivity contribution in [3.63, 3.8) is 0 Å². The zero-order valence-electron chi connectivity index (χ0n) is 11.1. The molecule has 0 aromatic carbocycles. The molecule has 9 heteroatoms. The number of aromatic amines is 1. The molecule has 0 bridgehead atoms. The van der Waals surface area contributed by atoms with Gasteiger partial charge < -0.3 is 10.1 Å². The Kier molecular flexibility index (Phi) is 3.30. The standard InChI is InChI=1S/C11H14N4O4S/c1-6-10(7(2)15(3)13-6)14-20(18,19)8-4-9(11(16)17)12-5-8/h4-5,12,14H,1-3H3,(H,16,17). The Hall–Kier alpha value is -2.29. The Morgan fingerprint density at radius 3 is 2.55 bits per heavy atom. The number of carboxylic acid groups (broad SMARTS) is 1. The number of hydrogen-bond donors (Lipinski definition) is 3. The molecule has 8 nitrogen and oxygen atoms in total. The molecule has 0 unspecified atom stereocenters. The number of carboxylic acids is 1. The molecule has 0 aliphatic heterocycles. The third-order valence-electron chi connectivity index (χ3n) is 2.94. The maximum atomic E-state index is 12.2. The highest BCUT2D eigenvalue weighted by Crippen LogP contribution is 2.23. The lowest BCUT2D eigenvalue weighted by Gasteiger charge is -2.06. The number of carbonyl (C=O) groups is 1. The molecule has 0 saturated heterocycles. The normalized spacial score (nSPS) is 11.6. The number of aromatic carboxylic acids is 1. The van der Waals surface area contributed by atoms with Crippen molar-refractivity contribution in [3.05, 3.63) is 29.3 Å². The summed E-state index contributed by atoms with van der Waals surface area (Å²) in [5.41, 5.74) is 1.42. The van der Waals surface area contributed by atoms with Crippen LogP contribution in [0, 0.1) is 13.8 Å². The van der Waals surface area contributed by atoms with E-state index < -0.39 is 16.0 Å². The van der Waals surface area contributed by atoms with Crippen LogP contribution in [0.5, 0.6) is 0 Å². The second-order valence-corrected chi connectivity index (χ2v) is 6.01. The second-order valence-electron chi connectivity index (χ2n) is 4.33. The fraction of sp³-hybridized carbons (Fsp3) is 0.273. The molecule has 20 heavy (non-hydrogen) atoms. The number of nitrogens with one attached hydrogen (secondary N) is 2. The van der Waals surface area contributed by atoms with Gasteiger partial charge >= 0.3 is 5.97 Å². The number of hydrogen-bond acceptors (Lipinski definition) is 4. The minimum atomic E-state index is -3.86. The predicted molar refractivity (Wildman–Crippen MR) is 71.2 cm³/mol. The van der Waals surface area contributed by atoms with Gasteiger partial charge in [0.1, 0.15) is 10.6 Å². The Labute approximate surface area is 115 Å². The summed E-state index contributed by atoms with van der Waals surface area (Å²) in [5, 5.41) is 12.9. The Bertz CT molecular complexity index is 772. The van der Waals surface area contributed by atoms with Crippen molar-refractivity contribution in [2.24, 2.45) is 7.05 Å². The molecule has 108 valence electrons. The number of anilines is 1. The van der Waals surface area contributed by atoms with E-state index in [1.165, 1.54) is 0 Å². The zero-order chi connectivity index (χ0) is 15.1. The SMILES string of the molecule is Cc1nn(C)c(C)c1NS(=O)(=O)c1c[nH]c(C(=O)O)c1. The van der Waals surface area contributed by atoms with Crippen molar-refractivity contribution >= 4 is 21.7 Å². The van der Waals surface area contributed by atoms with Crippen molar-refractivity contribution in [1.82, 2.24) is 14.8 Å². The number of nitrogens with zero attached hydrogens (tertiary/aromatic N) is 2. The predicted octanol–water partition coefficient (Wildman–Crippen LogP) is 0.864. The van der Waals surface area contributed by atoms with Crippen LogP contribution in [-0.4, -0.2) is 34.3 Å². The van der Waals surface area contributed by atoms with Crippen molar-refractivity contribution < 1.29 is 18.3 Å². The molecule has 2 aromatic heterocycles. The molecule has 0 fully saturated rings. The molecule has 0 aliphatic carbocycles. The van der Waals surface area contributed by atoms with Crippen molar-refractivity contribution in [2.75, 3.05) is 4.72 Å².